The molecule has 2 aromatic heterocycles. The number of thiazole rings is 1. The minimum Gasteiger partial charge on any atom is -0.481 e. The van der Waals surface area contributed by atoms with E-state index in [1.807, 2.05) is 17.8 Å². The number of nitrogens with zero attached hydrogens (tertiary/aromatic N) is 4. The van der Waals surface area contributed by atoms with Gasteiger partial charge in [0.15, 0.2) is 17.4 Å². The number of benzene rings is 1. The van der Waals surface area contributed by atoms with E-state index in [1.165, 1.54) is 17.4 Å². The molecule has 0 saturated carbocycles. The van der Waals surface area contributed by atoms with Crippen LogP contribution in [0.25, 0.3) is 6.08 Å². The summed E-state index contributed by atoms with van der Waals surface area (Å²) in [6, 6.07) is 2.14. The summed E-state index contributed by atoms with van der Waals surface area (Å²) in [4.78, 5) is 38.7. The first-order chi connectivity index (χ1) is 17.9. The number of carbonyl (C=O) groups excluding carboxylic acids is 2. The van der Waals surface area contributed by atoms with E-state index in [-0.39, 0.29) is 24.2 Å². The average molecular weight is 526 g/mol. The van der Waals surface area contributed by atoms with Crippen molar-refractivity contribution in [1.82, 2.24) is 20.3 Å². The van der Waals surface area contributed by atoms with Gasteiger partial charge < -0.3 is 9.64 Å². The van der Waals surface area contributed by atoms with Crippen molar-refractivity contribution in [2.75, 3.05) is 18.0 Å². The van der Waals surface area contributed by atoms with E-state index in [4.69, 9.17) is 4.74 Å². The zero-order valence-electron chi connectivity index (χ0n) is 20.2. The molecule has 2 saturated heterocycles. The Morgan fingerprint density at radius 2 is 1.86 bits per heavy atom. The van der Waals surface area contributed by atoms with Gasteiger partial charge in [0.25, 0.3) is 5.91 Å². The number of amides is 2. The third-order valence-corrected chi connectivity index (χ3v) is 7.47. The molecule has 192 valence electrons. The fourth-order valence-electron chi connectivity index (χ4n) is 4.37. The smallest absolute Gasteiger partial charge is 0.254 e. The number of nitrogens with one attached hydrogen (secondary N) is 1. The van der Waals surface area contributed by atoms with Crippen LogP contribution in [0.2, 0.25) is 0 Å². The number of aromatic nitrogens is 3. The van der Waals surface area contributed by atoms with E-state index < -0.39 is 29.2 Å². The summed E-state index contributed by atoms with van der Waals surface area (Å²) in [6.07, 6.45) is 7.64. The lowest BCUT2D eigenvalue weighted by molar-refractivity contribution is -0.124. The van der Waals surface area contributed by atoms with Gasteiger partial charge in [-0.3, -0.25) is 14.9 Å². The van der Waals surface area contributed by atoms with Gasteiger partial charge in [-0.25, -0.2) is 23.7 Å². The van der Waals surface area contributed by atoms with Crippen LogP contribution in [0.1, 0.15) is 53.9 Å². The van der Waals surface area contributed by atoms with E-state index in [1.54, 1.807) is 0 Å². The van der Waals surface area contributed by atoms with Gasteiger partial charge in [0, 0.05) is 42.4 Å². The number of rotatable bonds is 7. The minimum atomic E-state index is -0.895. The second-order valence-corrected chi connectivity index (χ2v) is 9.90. The summed E-state index contributed by atoms with van der Waals surface area (Å²) >= 11 is 1.52. The zero-order valence-corrected chi connectivity index (χ0v) is 21.0. The normalized spacial score (nSPS) is 17.5. The van der Waals surface area contributed by atoms with Crippen LogP contribution in [0.4, 0.5) is 14.7 Å². The van der Waals surface area contributed by atoms with Crippen molar-refractivity contribution < 1.29 is 23.1 Å². The first-order valence-corrected chi connectivity index (χ1v) is 12.9. The van der Waals surface area contributed by atoms with Crippen molar-refractivity contribution in [2.45, 2.75) is 45.1 Å². The van der Waals surface area contributed by atoms with Crippen LogP contribution < -0.4 is 15.0 Å². The second-order valence-electron chi connectivity index (χ2n) is 9.01. The van der Waals surface area contributed by atoms with Gasteiger partial charge >= 0.3 is 0 Å². The highest BCUT2D eigenvalue weighted by molar-refractivity contribution is 7.09. The number of ether oxygens (including phenoxy) is 1. The molecule has 1 N–H and O–H groups in total. The molecule has 0 unspecified atom stereocenters. The van der Waals surface area contributed by atoms with E-state index in [2.05, 4.69) is 32.1 Å². The molecule has 2 amide bonds. The van der Waals surface area contributed by atoms with Gasteiger partial charge in [-0.2, -0.15) is 0 Å². The predicted octanol–water partition coefficient (Wildman–Crippen LogP) is 4.17. The lowest BCUT2D eigenvalue weighted by atomic mass is 9.98. The van der Waals surface area contributed by atoms with Crippen LogP contribution in [0.3, 0.4) is 0 Å². The Morgan fingerprint density at radius 1 is 1.16 bits per heavy atom. The lowest BCUT2D eigenvalue weighted by Gasteiger charge is -2.31. The molecule has 0 bridgehead atoms. The van der Waals surface area contributed by atoms with Crippen molar-refractivity contribution in [1.29, 1.82) is 0 Å². The van der Waals surface area contributed by atoms with E-state index >= 15 is 0 Å². The number of halogens is 2. The van der Waals surface area contributed by atoms with Crippen molar-refractivity contribution in [2.24, 2.45) is 0 Å². The van der Waals surface area contributed by atoms with Crippen LogP contribution in [0.15, 0.2) is 35.5 Å². The van der Waals surface area contributed by atoms with Crippen molar-refractivity contribution in [3.63, 3.8) is 0 Å². The molecular weight excluding hydrogens is 500 g/mol. The van der Waals surface area contributed by atoms with Gasteiger partial charge in [0.1, 0.15) is 6.61 Å². The molecule has 2 fully saturated rings. The van der Waals surface area contributed by atoms with E-state index in [0.717, 1.165) is 61.0 Å². The third kappa shape index (κ3) is 5.66. The summed E-state index contributed by atoms with van der Waals surface area (Å²) in [5.41, 5.74) is 2.00. The van der Waals surface area contributed by atoms with Gasteiger partial charge in [0.05, 0.1) is 17.1 Å². The quantitative estimate of drug-likeness (QED) is 0.365. The molecule has 1 aromatic carbocycles. The van der Waals surface area contributed by atoms with Crippen LogP contribution in [0.5, 0.6) is 5.75 Å². The molecule has 11 heteroatoms. The average Bonchev–Trinajstić information content (AvgIpc) is 3.49. The van der Waals surface area contributed by atoms with Crippen LogP contribution in [0, 0.1) is 11.6 Å². The number of imide groups is 1. The van der Waals surface area contributed by atoms with Crippen LogP contribution in [-0.2, 0) is 22.6 Å². The third-order valence-electron chi connectivity index (χ3n) is 6.42. The summed E-state index contributed by atoms with van der Waals surface area (Å²) in [6.45, 7) is 3.66. The largest absolute Gasteiger partial charge is 0.481 e. The highest BCUT2D eigenvalue weighted by Crippen LogP contribution is 2.32. The molecular formula is C26H25F2N5O3S. The maximum atomic E-state index is 14.6. The first kappa shape index (κ1) is 24.9. The Morgan fingerprint density at radius 3 is 2.49 bits per heavy atom. The Kier molecular flexibility index (Phi) is 7.22. The van der Waals surface area contributed by atoms with Crippen LogP contribution in [-0.4, -0.2) is 39.9 Å². The molecule has 0 atom stereocenters. The molecule has 5 rings (SSSR count). The standard InChI is InChI=1S/C26H25F2N5O3S/c1-2-15-11-29-26(30-12-15)33-5-3-17(4-6-33)25-31-19(14-37-25)13-36-23-20(27)8-16(9-21(23)28)7-18-10-22(34)32-24(18)35/h7-9,11-12,14,17H,2-6,10,13H2,1H3,(H,32,34,35)/b18-7+. The highest BCUT2D eigenvalue weighted by atomic mass is 32.1. The van der Waals surface area contributed by atoms with Crippen molar-refractivity contribution in [3.05, 3.63) is 68.9 Å². The Bertz CT molecular complexity index is 1330. The number of hydrogen-bond acceptors (Lipinski definition) is 8. The number of hydrogen-bond donors (Lipinski definition) is 1. The zero-order chi connectivity index (χ0) is 25.9. The molecule has 0 radical (unpaired) electrons. The number of anilines is 1. The van der Waals surface area contributed by atoms with E-state index in [0.29, 0.717) is 11.6 Å². The Balaban J connectivity index is 1.18. The monoisotopic (exact) mass is 525 g/mol. The molecule has 0 aliphatic carbocycles. The maximum absolute atomic E-state index is 14.6. The minimum absolute atomic E-state index is 0.0713. The first-order valence-electron chi connectivity index (χ1n) is 12.1. The Hall–Kier alpha value is -3.73. The SMILES string of the molecule is CCc1cnc(N2CCC(c3nc(COc4c(F)cc(/C=C5\CC(=O)NC5=O)cc4F)cs3)CC2)nc1. The van der Waals surface area contributed by atoms with Gasteiger partial charge in [-0.1, -0.05) is 6.92 Å². The van der Waals surface area contributed by atoms with Crippen molar-refractivity contribution in [3.8, 4) is 5.75 Å². The molecule has 2 aliphatic rings. The number of carbonyl (C=O) groups is 2. The van der Waals surface area contributed by atoms with Gasteiger partial charge in [-0.15, -0.1) is 11.3 Å². The lowest BCUT2D eigenvalue weighted by Crippen LogP contribution is -2.34. The predicted molar refractivity (Wildman–Crippen MR) is 134 cm³/mol. The molecule has 3 aromatic rings. The molecule has 4 heterocycles. The maximum Gasteiger partial charge on any atom is 0.254 e. The molecule has 2 aliphatic heterocycles. The number of aryl methyl sites for hydroxylation is 1. The fourth-order valence-corrected chi connectivity index (χ4v) is 5.34. The fraction of sp³-hybridized carbons (Fsp3) is 0.346. The summed E-state index contributed by atoms with van der Waals surface area (Å²) in [5, 5.41) is 4.96. The van der Waals surface area contributed by atoms with Crippen molar-refractivity contribution >= 4 is 35.2 Å². The number of piperidine rings is 1. The van der Waals surface area contributed by atoms with Gasteiger partial charge in [0.2, 0.25) is 11.9 Å². The van der Waals surface area contributed by atoms with Crippen LogP contribution >= 0.6 is 11.3 Å². The highest BCUT2D eigenvalue weighted by Gasteiger charge is 2.26. The van der Waals surface area contributed by atoms with E-state index in [9.17, 15) is 18.4 Å². The summed E-state index contributed by atoms with van der Waals surface area (Å²) in [5.74, 6) is -2.26. The molecule has 37 heavy (non-hydrogen) atoms. The van der Waals surface area contributed by atoms with Gasteiger partial charge in [-0.05, 0) is 48.6 Å². The summed E-state index contributed by atoms with van der Waals surface area (Å²) < 4.78 is 34.6. The Labute approximate surface area is 216 Å². The topological polar surface area (TPSA) is 97.3 Å². The summed E-state index contributed by atoms with van der Waals surface area (Å²) in [7, 11) is 0. The molecule has 0 spiro atoms. The molecule has 8 nitrogen and oxygen atoms in total. The second kappa shape index (κ2) is 10.7.